The van der Waals surface area contributed by atoms with Gasteiger partial charge in [-0.3, -0.25) is 0 Å². The number of methoxy groups -OCH3 is 2. The highest BCUT2D eigenvalue weighted by Crippen LogP contribution is 2.33. The molecule has 2 aliphatic rings. The SMILES string of the molecule is C=C(C)C(=O)OCCCCOc1ccc(/C=C(\C#N)C(=O)O[C@H]2CO[C@H]3[C@@H]2OC[C@H]3OC(=O)/C(C#N)=C/c2ccc(OCCCCOC(=O)C(=C)C)c(OC)c2)cc1OC. The van der Waals surface area contributed by atoms with Gasteiger partial charge in [0.1, 0.15) is 35.5 Å². The van der Waals surface area contributed by atoms with Gasteiger partial charge in [-0.2, -0.15) is 10.5 Å². The topological polar surface area (TPSA) is 208 Å². The van der Waals surface area contributed by atoms with Gasteiger partial charge in [-0.1, -0.05) is 25.3 Å². The first kappa shape index (κ1) is 46.1. The lowest BCUT2D eigenvalue weighted by molar-refractivity contribution is -0.150. The van der Waals surface area contributed by atoms with E-state index in [1.54, 1.807) is 50.2 Å². The van der Waals surface area contributed by atoms with Gasteiger partial charge in [0.2, 0.25) is 0 Å². The average Bonchev–Trinajstić information content (AvgIpc) is 3.83. The van der Waals surface area contributed by atoms with E-state index in [1.165, 1.54) is 26.4 Å². The van der Waals surface area contributed by atoms with Crippen molar-refractivity contribution in [3.8, 4) is 35.1 Å². The van der Waals surface area contributed by atoms with Gasteiger partial charge in [0, 0.05) is 11.1 Å². The van der Waals surface area contributed by atoms with Crippen LogP contribution in [-0.2, 0) is 47.6 Å². The molecule has 0 aromatic heterocycles. The zero-order valence-corrected chi connectivity index (χ0v) is 34.0. The highest BCUT2D eigenvalue weighted by Gasteiger charge is 2.51. The van der Waals surface area contributed by atoms with E-state index < -0.39 is 48.3 Å². The summed E-state index contributed by atoms with van der Waals surface area (Å²) in [6.07, 6.45) is 1.70. The van der Waals surface area contributed by atoms with Crippen molar-refractivity contribution < 1.29 is 66.5 Å². The van der Waals surface area contributed by atoms with Crippen LogP contribution in [0.2, 0.25) is 0 Å². The first-order valence-electron chi connectivity index (χ1n) is 19.0. The summed E-state index contributed by atoms with van der Waals surface area (Å²) in [5.74, 6) is -1.07. The standard InChI is InChI=1S/C44H48N2O14/c1-27(2)41(47)55-17-9-7-15-53-33-13-11-29(21-35(33)51-5)19-31(23-45)43(49)59-37-25-57-40-38(26-58-39(37)40)60-44(50)32(24-46)20-30-12-14-34(36(22-30)52-6)54-16-8-10-18-56-42(48)28(3)4/h11-14,19-22,37-40H,1,3,7-10,15-18,25-26H2,2,4-6H3/b31-19+,32-20+/t37-,38+,39-,40-/m1/s1. The molecule has 0 aliphatic carbocycles. The van der Waals surface area contributed by atoms with Crippen LogP contribution in [0, 0.1) is 22.7 Å². The molecular weight excluding hydrogens is 780 g/mol. The smallest absolute Gasteiger partial charge is 0.349 e. The van der Waals surface area contributed by atoms with Gasteiger partial charge in [-0.15, -0.1) is 0 Å². The molecule has 4 rings (SSSR count). The van der Waals surface area contributed by atoms with Gasteiger partial charge in [-0.25, -0.2) is 19.2 Å². The molecule has 4 atom stereocenters. The lowest BCUT2D eigenvalue weighted by Crippen LogP contribution is -2.36. The monoisotopic (exact) mass is 828 g/mol. The number of hydrogen-bond donors (Lipinski definition) is 0. The molecule has 16 heteroatoms. The molecule has 0 bridgehead atoms. The minimum Gasteiger partial charge on any atom is -0.493 e. The highest BCUT2D eigenvalue weighted by atomic mass is 16.7. The predicted molar refractivity (Wildman–Crippen MR) is 213 cm³/mol. The highest BCUT2D eigenvalue weighted by molar-refractivity contribution is 5.99. The Morgan fingerprint density at radius 1 is 0.633 bits per heavy atom. The lowest BCUT2D eigenvalue weighted by atomic mass is 10.1. The number of nitrogens with zero attached hydrogens (tertiary/aromatic N) is 2. The van der Waals surface area contributed by atoms with Crippen molar-refractivity contribution >= 4 is 36.0 Å². The maximum atomic E-state index is 13.1. The summed E-state index contributed by atoms with van der Waals surface area (Å²) in [7, 11) is 2.92. The Hall–Kier alpha value is -6.62. The number of carbonyl (C=O) groups is 4. The van der Waals surface area contributed by atoms with Crippen LogP contribution in [-0.4, -0.2) is 102 Å². The van der Waals surface area contributed by atoms with Crippen LogP contribution in [0.5, 0.6) is 23.0 Å². The minimum absolute atomic E-state index is 0.0817. The van der Waals surface area contributed by atoms with E-state index in [4.69, 9.17) is 47.4 Å². The molecule has 0 N–H and O–H groups in total. The van der Waals surface area contributed by atoms with Crippen molar-refractivity contribution in [3.63, 3.8) is 0 Å². The first-order chi connectivity index (χ1) is 28.9. The average molecular weight is 829 g/mol. The molecule has 2 saturated heterocycles. The minimum atomic E-state index is -0.911. The number of carbonyl (C=O) groups excluding carboxylic acids is 4. The molecule has 2 heterocycles. The number of unbranched alkanes of at least 4 members (excludes halogenated alkanes) is 2. The van der Waals surface area contributed by atoms with Crippen molar-refractivity contribution in [1.29, 1.82) is 10.5 Å². The fraction of sp³-hybridized carbons (Fsp3) is 0.409. The first-order valence-corrected chi connectivity index (χ1v) is 19.0. The molecule has 0 saturated carbocycles. The second kappa shape index (κ2) is 23.1. The van der Waals surface area contributed by atoms with Gasteiger partial charge >= 0.3 is 23.9 Å². The van der Waals surface area contributed by atoms with E-state index in [0.29, 0.717) is 84.2 Å². The maximum Gasteiger partial charge on any atom is 0.349 e. The molecule has 60 heavy (non-hydrogen) atoms. The fourth-order valence-corrected chi connectivity index (χ4v) is 5.78. The van der Waals surface area contributed by atoms with Crippen molar-refractivity contribution in [1.82, 2.24) is 0 Å². The van der Waals surface area contributed by atoms with Crippen LogP contribution in [0.1, 0.15) is 50.7 Å². The van der Waals surface area contributed by atoms with Crippen molar-refractivity contribution in [3.05, 3.63) is 83.0 Å². The van der Waals surface area contributed by atoms with Gasteiger partial charge in [-0.05, 0) is 87.1 Å². The third-order valence-electron chi connectivity index (χ3n) is 8.91. The zero-order chi connectivity index (χ0) is 43.6. The Bertz CT molecular complexity index is 1910. The van der Waals surface area contributed by atoms with Crippen LogP contribution in [0.3, 0.4) is 0 Å². The van der Waals surface area contributed by atoms with Crippen LogP contribution in [0.4, 0.5) is 0 Å². The van der Waals surface area contributed by atoms with Crippen molar-refractivity contribution in [2.75, 3.05) is 53.9 Å². The summed E-state index contributed by atoms with van der Waals surface area (Å²) in [6, 6.07) is 13.5. The zero-order valence-electron chi connectivity index (χ0n) is 34.0. The summed E-state index contributed by atoms with van der Waals surface area (Å²) in [5, 5.41) is 19.6. The molecule has 16 nitrogen and oxygen atoms in total. The summed E-state index contributed by atoms with van der Waals surface area (Å²) in [4.78, 5) is 49.2. The van der Waals surface area contributed by atoms with Gasteiger partial charge in [0.15, 0.2) is 35.2 Å². The molecular formula is C44H48N2O14. The number of rotatable bonds is 22. The molecule has 0 spiro atoms. The summed E-state index contributed by atoms with van der Waals surface area (Å²) in [5.41, 5.74) is 1.02. The largest absolute Gasteiger partial charge is 0.493 e. The summed E-state index contributed by atoms with van der Waals surface area (Å²) < 4.78 is 55.5. The quantitative estimate of drug-likeness (QED) is 0.0479. The van der Waals surface area contributed by atoms with Crippen LogP contribution in [0.25, 0.3) is 12.2 Å². The van der Waals surface area contributed by atoms with Crippen molar-refractivity contribution in [2.24, 2.45) is 0 Å². The second-order valence-electron chi connectivity index (χ2n) is 13.6. The van der Waals surface area contributed by atoms with Crippen LogP contribution < -0.4 is 18.9 Å². The molecule has 318 valence electrons. The molecule has 0 radical (unpaired) electrons. The van der Waals surface area contributed by atoms with E-state index in [-0.39, 0.29) is 37.6 Å². The Morgan fingerprint density at radius 3 is 1.37 bits per heavy atom. The normalized spacial score (nSPS) is 18.2. The third-order valence-corrected chi connectivity index (χ3v) is 8.91. The molecule has 2 fully saturated rings. The Balaban J connectivity index is 1.28. The Kier molecular flexibility index (Phi) is 17.7. The van der Waals surface area contributed by atoms with E-state index >= 15 is 0 Å². The van der Waals surface area contributed by atoms with E-state index in [0.717, 1.165) is 0 Å². The van der Waals surface area contributed by atoms with Gasteiger partial charge in [0.05, 0.1) is 53.9 Å². The number of esters is 4. The summed E-state index contributed by atoms with van der Waals surface area (Å²) >= 11 is 0. The Morgan fingerprint density at radius 2 is 1.02 bits per heavy atom. The molecule has 2 aliphatic heterocycles. The molecule has 0 unspecified atom stereocenters. The Labute approximate surface area is 348 Å². The lowest BCUT2D eigenvalue weighted by Gasteiger charge is -2.17. The molecule has 2 aromatic rings. The number of nitriles is 2. The fourth-order valence-electron chi connectivity index (χ4n) is 5.78. The van der Waals surface area contributed by atoms with Gasteiger partial charge in [0.25, 0.3) is 0 Å². The van der Waals surface area contributed by atoms with Gasteiger partial charge < -0.3 is 47.4 Å². The number of ether oxygens (including phenoxy) is 10. The molecule has 0 amide bonds. The molecule has 2 aromatic carbocycles. The second-order valence-corrected chi connectivity index (χ2v) is 13.6. The van der Waals surface area contributed by atoms with Crippen LogP contribution in [0.15, 0.2) is 71.8 Å². The third kappa shape index (κ3) is 13.2. The predicted octanol–water partition coefficient (Wildman–Crippen LogP) is 5.40. The van der Waals surface area contributed by atoms with Crippen LogP contribution >= 0.6 is 0 Å². The van der Waals surface area contributed by atoms with E-state index in [1.807, 2.05) is 12.1 Å². The van der Waals surface area contributed by atoms with Crippen molar-refractivity contribution in [2.45, 2.75) is 63.9 Å². The number of hydrogen-bond acceptors (Lipinski definition) is 16. The number of fused-ring (bicyclic) bond motifs is 1. The number of benzene rings is 2. The van der Waals surface area contributed by atoms with E-state index in [2.05, 4.69) is 13.2 Å². The van der Waals surface area contributed by atoms with E-state index in [9.17, 15) is 29.7 Å². The maximum absolute atomic E-state index is 13.1. The summed E-state index contributed by atoms with van der Waals surface area (Å²) in [6.45, 7) is 11.2.